The number of nitrogens with zero attached hydrogens (tertiary/aromatic N) is 2. The molecule has 0 N–H and O–H groups in total. The van der Waals surface area contributed by atoms with Crippen molar-refractivity contribution in [2.24, 2.45) is 5.92 Å². The van der Waals surface area contributed by atoms with Crippen LogP contribution >= 0.6 is 0 Å². The lowest BCUT2D eigenvalue weighted by Gasteiger charge is -2.24. The van der Waals surface area contributed by atoms with Crippen molar-refractivity contribution in [2.45, 2.75) is 32.1 Å². The molecule has 2 aliphatic rings. The van der Waals surface area contributed by atoms with Crippen LogP contribution < -0.4 is 4.90 Å². The molecule has 2 heterocycles. The van der Waals surface area contributed by atoms with Crippen molar-refractivity contribution in [3.8, 4) is 0 Å². The molecule has 33 heavy (non-hydrogen) atoms. The zero-order valence-corrected chi connectivity index (χ0v) is 19.4. The van der Waals surface area contributed by atoms with Gasteiger partial charge < -0.3 is 14.5 Å². The molecular formula is C27H30N2O4. The van der Waals surface area contributed by atoms with Crippen LogP contribution in [0.25, 0.3) is 0 Å². The van der Waals surface area contributed by atoms with Gasteiger partial charge in [0.05, 0.1) is 5.92 Å². The van der Waals surface area contributed by atoms with Gasteiger partial charge in [0.1, 0.15) is 0 Å². The number of esters is 1. The van der Waals surface area contributed by atoms with Gasteiger partial charge in [0, 0.05) is 49.4 Å². The number of hydrogen-bond donors (Lipinski definition) is 0. The van der Waals surface area contributed by atoms with E-state index in [4.69, 9.17) is 4.74 Å². The number of likely N-dealkylation sites (tertiary alicyclic amines) is 1. The summed E-state index contributed by atoms with van der Waals surface area (Å²) in [5, 5.41) is 0. The van der Waals surface area contributed by atoms with E-state index >= 15 is 0 Å². The standard InChI is InChI=1S/C27H30N2O4/c1-27(2)22-11-7-8-12-23(22)28(3)24(27)16-21(30)18-33-26(32)20-15-25(31)29(17-20)14-13-19-9-5-4-6-10-19/h4-12,16,20H,13-15,17-18H2,1-3H3/b24-16-. The largest absolute Gasteiger partial charge is 0.457 e. The molecule has 0 bridgehead atoms. The van der Waals surface area contributed by atoms with Crippen LogP contribution in [0.4, 0.5) is 5.69 Å². The normalized spacial score (nSPS) is 20.3. The van der Waals surface area contributed by atoms with E-state index in [9.17, 15) is 14.4 Å². The number of amides is 1. The molecule has 2 aromatic carbocycles. The third-order valence-corrected chi connectivity index (χ3v) is 6.66. The second-order valence-corrected chi connectivity index (χ2v) is 9.28. The molecule has 2 aromatic rings. The van der Waals surface area contributed by atoms with Gasteiger partial charge in [-0.1, -0.05) is 62.4 Å². The van der Waals surface area contributed by atoms with E-state index in [1.807, 2.05) is 60.5 Å². The zero-order chi connectivity index (χ0) is 23.6. The Kier molecular flexibility index (Phi) is 6.36. The van der Waals surface area contributed by atoms with E-state index in [0.717, 1.165) is 28.9 Å². The van der Waals surface area contributed by atoms with Crippen LogP contribution in [0.2, 0.25) is 0 Å². The topological polar surface area (TPSA) is 66.9 Å². The van der Waals surface area contributed by atoms with Gasteiger partial charge in [0.25, 0.3) is 0 Å². The monoisotopic (exact) mass is 446 g/mol. The summed E-state index contributed by atoms with van der Waals surface area (Å²) in [6.07, 6.45) is 2.44. The summed E-state index contributed by atoms with van der Waals surface area (Å²) in [6.45, 7) is 4.74. The lowest BCUT2D eigenvalue weighted by molar-refractivity contribution is -0.151. The lowest BCUT2D eigenvalue weighted by atomic mass is 9.83. The van der Waals surface area contributed by atoms with Gasteiger partial charge in [-0.25, -0.2) is 0 Å². The summed E-state index contributed by atoms with van der Waals surface area (Å²) < 4.78 is 5.31. The molecule has 1 fully saturated rings. The molecule has 1 saturated heterocycles. The number of rotatable bonds is 7. The van der Waals surface area contributed by atoms with Crippen LogP contribution in [0.3, 0.4) is 0 Å². The van der Waals surface area contributed by atoms with E-state index in [2.05, 4.69) is 19.9 Å². The number of anilines is 1. The third-order valence-electron chi connectivity index (χ3n) is 6.66. The van der Waals surface area contributed by atoms with Crippen molar-refractivity contribution in [3.05, 3.63) is 77.5 Å². The smallest absolute Gasteiger partial charge is 0.311 e. The Morgan fingerprint density at radius 3 is 2.52 bits per heavy atom. The van der Waals surface area contributed by atoms with E-state index in [0.29, 0.717) is 13.1 Å². The third kappa shape index (κ3) is 4.70. The highest BCUT2D eigenvalue weighted by Gasteiger charge is 2.39. The summed E-state index contributed by atoms with van der Waals surface area (Å²) in [6, 6.07) is 18.0. The highest BCUT2D eigenvalue weighted by molar-refractivity contribution is 5.95. The number of hydrogen-bond acceptors (Lipinski definition) is 5. The van der Waals surface area contributed by atoms with Crippen molar-refractivity contribution in [3.63, 3.8) is 0 Å². The van der Waals surface area contributed by atoms with Gasteiger partial charge in [-0.05, 0) is 23.6 Å². The molecule has 1 unspecified atom stereocenters. The van der Waals surface area contributed by atoms with Crippen molar-refractivity contribution in [1.29, 1.82) is 0 Å². The van der Waals surface area contributed by atoms with Gasteiger partial charge in [-0.15, -0.1) is 0 Å². The minimum absolute atomic E-state index is 0.0478. The summed E-state index contributed by atoms with van der Waals surface area (Å²) in [5.41, 5.74) is 3.93. The molecule has 0 radical (unpaired) electrons. The maximum atomic E-state index is 12.6. The van der Waals surface area contributed by atoms with Gasteiger partial charge in [0.15, 0.2) is 12.4 Å². The Labute approximate surface area is 194 Å². The summed E-state index contributed by atoms with van der Waals surface area (Å²) in [5.74, 6) is -1.33. The first-order valence-electron chi connectivity index (χ1n) is 11.3. The number of fused-ring (bicyclic) bond motifs is 1. The minimum atomic E-state index is -0.524. The Morgan fingerprint density at radius 1 is 1.09 bits per heavy atom. The number of ether oxygens (including phenoxy) is 1. The molecule has 1 atom stereocenters. The zero-order valence-electron chi connectivity index (χ0n) is 19.4. The molecule has 0 aliphatic carbocycles. The fourth-order valence-corrected chi connectivity index (χ4v) is 4.77. The predicted molar refractivity (Wildman–Crippen MR) is 127 cm³/mol. The maximum absolute atomic E-state index is 12.6. The number of carbonyl (C=O) groups is 3. The molecular weight excluding hydrogens is 416 g/mol. The first kappa shape index (κ1) is 22.8. The number of likely N-dealkylation sites (N-methyl/N-ethyl adjacent to an activating group) is 1. The van der Waals surface area contributed by atoms with Crippen LogP contribution in [0.15, 0.2) is 66.4 Å². The molecule has 1 amide bonds. The Morgan fingerprint density at radius 2 is 1.79 bits per heavy atom. The lowest BCUT2D eigenvalue weighted by Crippen LogP contribution is -2.29. The quantitative estimate of drug-likeness (QED) is 0.481. The first-order chi connectivity index (χ1) is 15.8. The van der Waals surface area contributed by atoms with Crippen molar-refractivity contribution in [1.82, 2.24) is 4.90 Å². The van der Waals surface area contributed by atoms with E-state index < -0.39 is 11.9 Å². The average Bonchev–Trinajstić information content (AvgIpc) is 3.28. The van der Waals surface area contributed by atoms with E-state index in [1.54, 1.807) is 11.0 Å². The fraction of sp³-hybridized carbons (Fsp3) is 0.370. The number of allylic oxidation sites excluding steroid dienone is 1. The summed E-state index contributed by atoms with van der Waals surface area (Å²) in [4.78, 5) is 41.2. The van der Waals surface area contributed by atoms with E-state index in [1.165, 1.54) is 0 Å². The molecule has 172 valence electrons. The fourth-order valence-electron chi connectivity index (χ4n) is 4.77. The van der Waals surface area contributed by atoms with Crippen LogP contribution in [-0.2, 0) is 31.0 Å². The molecule has 0 spiro atoms. The molecule has 4 rings (SSSR count). The number of ketones is 1. The van der Waals surface area contributed by atoms with Crippen LogP contribution in [-0.4, -0.2) is 49.3 Å². The van der Waals surface area contributed by atoms with Crippen molar-refractivity contribution in [2.75, 3.05) is 31.6 Å². The maximum Gasteiger partial charge on any atom is 0.311 e. The number of carbonyl (C=O) groups excluding carboxylic acids is 3. The highest BCUT2D eigenvalue weighted by Crippen LogP contribution is 2.46. The van der Waals surface area contributed by atoms with Crippen molar-refractivity contribution < 1.29 is 19.1 Å². The second-order valence-electron chi connectivity index (χ2n) is 9.28. The van der Waals surface area contributed by atoms with Gasteiger partial charge >= 0.3 is 5.97 Å². The van der Waals surface area contributed by atoms with E-state index in [-0.39, 0.29) is 30.1 Å². The Hall–Kier alpha value is -3.41. The second kappa shape index (κ2) is 9.22. The number of para-hydroxylation sites is 1. The number of benzene rings is 2. The SMILES string of the molecule is CN1/C(=C\C(=O)COC(=O)C2CC(=O)N(CCc3ccccc3)C2)C(C)(C)c2ccccc21. The molecule has 6 nitrogen and oxygen atoms in total. The average molecular weight is 447 g/mol. The first-order valence-corrected chi connectivity index (χ1v) is 11.3. The highest BCUT2D eigenvalue weighted by atomic mass is 16.5. The van der Waals surface area contributed by atoms with Gasteiger partial charge in [-0.2, -0.15) is 0 Å². The van der Waals surface area contributed by atoms with Gasteiger partial charge in [-0.3, -0.25) is 14.4 Å². The van der Waals surface area contributed by atoms with Crippen LogP contribution in [0.1, 0.15) is 31.4 Å². The molecule has 0 saturated carbocycles. The molecule has 6 heteroatoms. The van der Waals surface area contributed by atoms with Crippen LogP contribution in [0, 0.1) is 5.92 Å². The van der Waals surface area contributed by atoms with Gasteiger partial charge in [0.2, 0.25) is 5.91 Å². The molecule has 0 aromatic heterocycles. The van der Waals surface area contributed by atoms with Crippen LogP contribution in [0.5, 0.6) is 0 Å². The minimum Gasteiger partial charge on any atom is -0.457 e. The Bertz CT molecular complexity index is 1090. The predicted octanol–water partition coefficient (Wildman–Crippen LogP) is 3.50. The van der Waals surface area contributed by atoms with Crippen molar-refractivity contribution >= 4 is 23.3 Å². The molecule has 2 aliphatic heterocycles. The summed E-state index contributed by atoms with van der Waals surface area (Å²) in [7, 11) is 1.94. The summed E-state index contributed by atoms with van der Waals surface area (Å²) >= 11 is 0. The Balaban J connectivity index is 1.31.